The van der Waals surface area contributed by atoms with Crippen LogP contribution >= 0.6 is 0 Å². The molecule has 3 aromatic heterocycles. The minimum Gasteiger partial charge on any atom is -0.494 e. The molecule has 202 valence electrons. The summed E-state index contributed by atoms with van der Waals surface area (Å²) in [5.41, 5.74) is -0.976. The predicted molar refractivity (Wildman–Crippen MR) is 135 cm³/mol. The maximum atomic E-state index is 14.3. The highest BCUT2D eigenvalue weighted by atomic mass is 19.1. The van der Waals surface area contributed by atoms with E-state index in [0.29, 0.717) is 6.42 Å². The molecule has 1 N–H and O–H groups in total. The molecule has 1 unspecified atom stereocenters. The van der Waals surface area contributed by atoms with Crippen LogP contribution in [0.25, 0.3) is 11.5 Å². The number of halogens is 3. The first-order valence-corrected chi connectivity index (χ1v) is 12.4. The zero-order valence-corrected chi connectivity index (χ0v) is 21.2. The van der Waals surface area contributed by atoms with Gasteiger partial charge in [-0.1, -0.05) is 6.92 Å². The number of carbonyl (C=O) groups is 1. The summed E-state index contributed by atoms with van der Waals surface area (Å²) in [7, 11) is 1.65. The van der Waals surface area contributed by atoms with E-state index in [1.807, 2.05) is 0 Å². The number of nitrogens with zero attached hydrogens (tertiary/aromatic N) is 6. The normalized spacial score (nSPS) is 16.0. The van der Waals surface area contributed by atoms with Crippen LogP contribution in [0.4, 0.5) is 13.2 Å². The highest BCUT2D eigenvalue weighted by molar-refractivity contribution is 5.96. The number of amides is 1. The second kappa shape index (κ2) is 10.4. The largest absolute Gasteiger partial charge is 0.494 e. The summed E-state index contributed by atoms with van der Waals surface area (Å²) in [5, 5.41) is 15.7. The van der Waals surface area contributed by atoms with E-state index in [-0.39, 0.29) is 48.2 Å². The van der Waals surface area contributed by atoms with E-state index in [0.717, 1.165) is 18.2 Å². The summed E-state index contributed by atoms with van der Waals surface area (Å²) >= 11 is 0. The second-order valence-corrected chi connectivity index (χ2v) is 9.42. The quantitative estimate of drug-likeness (QED) is 0.401. The minimum atomic E-state index is -0.984. The first-order valence-electron chi connectivity index (χ1n) is 12.4. The van der Waals surface area contributed by atoms with Gasteiger partial charge in [-0.15, -0.1) is 0 Å². The lowest BCUT2D eigenvalue weighted by Crippen LogP contribution is -2.35. The molecule has 1 amide bonds. The van der Waals surface area contributed by atoms with Crippen molar-refractivity contribution in [1.29, 1.82) is 0 Å². The smallest absolute Gasteiger partial charge is 0.290 e. The van der Waals surface area contributed by atoms with Gasteiger partial charge in [-0.3, -0.25) is 23.8 Å². The van der Waals surface area contributed by atoms with Crippen molar-refractivity contribution in [3.8, 4) is 17.4 Å². The predicted octanol–water partition coefficient (Wildman–Crippen LogP) is 3.79. The Bertz CT molecular complexity index is 1600. The molecular weight excluding hydrogens is 513 g/mol. The van der Waals surface area contributed by atoms with Crippen molar-refractivity contribution in [3.63, 3.8) is 0 Å². The SMILES string of the molecule is CC[C@@H](c1cc(F)cc(F)c1)n1c(-c2ccn(C)n2)nc(=O)c(C(=O)N2CCC(c3ncccc3F)C2)c1O. The van der Waals surface area contributed by atoms with Crippen LogP contribution in [0.5, 0.6) is 5.88 Å². The van der Waals surface area contributed by atoms with Crippen molar-refractivity contribution in [2.24, 2.45) is 7.05 Å². The number of pyridine rings is 1. The summed E-state index contributed by atoms with van der Waals surface area (Å²) < 4.78 is 45.3. The molecule has 4 heterocycles. The van der Waals surface area contributed by atoms with Gasteiger partial charge in [0.05, 0.1) is 11.7 Å². The molecule has 0 saturated carbocycles. The third-order valence-corrected chi connectivity index (χ3v) is 6.87. The number of aromatic nitrogens is 5. The molecule has 1 aliphatic rings. The average Bonchev–Trinajstić information content (AvgIpc) is 3.55. The summed E-state index contributed by atoms with van der Waals surface area (Å²) in [5.74, 6) is -4.08. The minimum absolute atomic E-state index is 0.0685. The van der Waals surface area contributed by atoms with E-state index in [9.17, 15) is 27.9 Å². The molecule has 5 rings (SSSR count). The van der Waals surface area contributed by atoms with Crippen molar-refractivity contribution in [2.45, 2.75) is 31.7 Å². The van der Waals surface area contributed by atoms with Gasteiger partial charge in [-0.25, -0.2) is 13.2 Å². The molecule has 0 bridgehead atoms. The van der Waals surface area contributed by atoms with Crippen molar-refractivity contribution in [2.75, 3.05) is 13.1 Å². The van der Waals surface area contributed by atoms with Crippen molar-refractivity contribution >= 4 is 5.91 Å². The van der Waals surface area contributed by atoms with E-state index in [2.05, 4.69) is 15.1 Å². The number of carbonyl (C=O) groups excluding carboxylic acids is 1. The number of hydrogen-bond acceptors (Lipinski definition) is 6. The molecule has 1 aromatic carbocycles. The van der Waals surface area contributed by atoms with Crippen LogP contribution in [-0.4, -0.2) is 53.3 Å². The summed E-state index contributed by atoms with van der Waals surface area (Å²) in [4.78, 5) is 36.3. The Balaban J connectivity index is 1.61. The number of hydrogen-bond donors (Lipinski definition) is 1. The van der Waals surface area contributed by atoms with Gasteiger partial charge in [0.25, 0.3) is 11.5 Å². The van der Waals surface area contributed by atoms with Crippen LogP contribution < -0.4 is 5.56 Å². The van der Waals surface area contributed by atoms with Crippen LogP contribution in [0, 0.1) is 17.5 Å². The third kappa shape index (κ3) is 4.89. The topological polar surface area (TPSA) is 106 Å². The highest BCUT2D eigenvalue weighted by Gasteiger charge is 2.35. The molecule has 9 nitrogen and oxygen atoms in total. The van der Waals surface area contributed by atoms with Gasteiger partial charge in [0.1, 0.15) is 23.1 Å². The van der Waals surface area contributed by atoms with Gasteiger partial charge in [0, 0.05) is 44.5 Å². The van der Waals surface area contributed by atoms with Gasteiger partial charge >= 0.3 is 0 Å². The van der Waals surface area contributed by atoms with Crippen LogP contribution in [0.1, 0.15) is 53.3 Å². The average molecular weight is 539 g/mol. The summed E-state index contributed by atoms with van der Waals surface area (Å²) in [6.45, 7) is 2.01. The fourth-order valence-electron chi connectivity index (χ4n) is 5.08. The molecule has 4 aromatic rings. The summed E-state index contributed by atoms with van der Waals surface area (Å²) in [6, 6.07) is 6.38. The van der Waals surface area contributed by atoms with Gasteiger partial charge in [-0.2, -0.15) is 10.1 Å². The monoisotopic (exact) mass is 538 g/mol. The molecule has 0 spiro atoms. The van der Waals surface area contributed by atoms with Crippen LogP contribution in [0.3, 0.4) is 0 Å². The number of aryl methyl sites for hydroxylation is 1. The Hall–Kier alpha value is -4.48. The first-order chi connectivity index (χ1) is 18.7. The van der Waals surface area contributed by atoms with Crippen molar-refractivity contribution in [1.82, 2.24) is 29.2 Å². The Kier molecular flexibility index (Phi) is 6.94. The molecule has 1 saturated heterocycles. The lowest BCUT2D eigenvalue weighted by atomic mass is 10.0. The Morgan fingerprint density at radius 1 is 1.18 bits per heavy atom. The number of rotatable bonds is 6. The molecule has 0 aliphatic carbocycles. The molecule has 39 heavy (non-hydrogen) atoms. The molecule has 1 fully saturated rings. The molecule has 2 atom stereocenters. The molecular formula is C27H25F3N6O3. The fourth-order valence-corrected chi connectivity index (χ4v) is 5.08. The highest BCUT2D eigenvalue weighted by Crippen LogP contribution is 2.35. The first kappa shape index (κ1) is 26.1. The van der Waals surface area contributed by atoms with Gasteiger partial charge < -0.3 is 10.0 Å². The van der Waals surface area contributed by atoms with E-state index >= 15 is 0 Å². The number of benzene rings is 1. The zero-order valence-electron chi connectivity index (χ0n) is 21.2. The van der Waals surface area contributed by atoms with Crippen LogP contribution in [-0.2, 0) is 7.05 Å². The Morgan fingerprint density at radius 2 is 1.92 bits per heavy atom. The van der Waals surface area contributed by atoms with E-state index in [1.54, 1.807) is 26.2 Å². The van der Waals surface area contributed by atoms with Gasteiger partial charge in [0.2, 0.25) is 5.88 Å². The number of likely N-dealkylation sites (tertiary alicyclic amines) is 1. The second-order valence-electron chi connectivity index (χ2n) is 9.42. The fraction of sp³-hybridized carbons (Fsp3) is 0.296. The van der Waals surface area contributed by atoms with E-state index in [1.165, 1.54) is 32.5 Å². The van der Waals surface area contributed by atoms with E-state index in [4.69, 9.17) is 0 Å². The standard InChI is InChI=1S/C27H25F3N6O3/c1-3-21(16-11-17(28)13-18(29)12-16)36-24(20-7-9-34(2)33-20)32-25(37)22(27(36)39)26(38)35-10-6-15(14-35)23-19(30)5-4-8-31-23/h4-5,7-9,11-13,15,21,39H,3,6,10,14H2,1-2H3/t15?,21-/m0/s1. The maximum absolute atomic E-state index is 14.3. The Morgan fingerprint density at radius 3 is 2.56 bits per heavy atom. The van der Waals surface area contributed by atoms with Crippen LogP contribution in [0.15, 0.2) is 53.6 Å². The lowest BCUT2D eigenvalue weighted by Gasteiger charge is -2.25. The van der Waals surface area contributed by atoms with Gasteiger partial charge in [-0.05, 0) is 48.7 Å². The maximum Gasteiger partial charge on any atom is 0.290 e. The third-order valence-electron chi connectivity index (χ3n) is 6.87. The van der Waals surface area contributed by atoms with Crippen LogP contribution in [0.2, 0.25) is 0 Å². The van der Waals surface area contributed by atoms with Gasteiger partial charge in [0.15, 0.2) is 11.4 Å². The zero-order chi connectivity index (χ0) is 27.8. The molecule has 0 radical (unpaired) electrons. The summed E-state index contributed by atoms with van der Waals surface area (Å²) in [6.07, 6.45) is 3.70. The number of aromatic hydroxyl groups is 1. The lowest BCUT2D eigenvalue weighted by molar-refractivity contribution is 0.0783. The van der Waals surface area contributed by atoms with Crippen molar-refractivity contribution in [3.05, 3.63) is 93.4 Å². The van der Waals surface area contributed by atoms with E-state index < -0.39 is 46.4 Å². The molecule has 12 heteroatoms. The van der Waals surface area contributed by atoms with Crippen molar-refractivity contribution < 1.29 is 23.1 Å². The Labute approximate surface area is 221 Å². The molecule has 1 aliphatic heterocycles.